The SMILES string of the molecule is C=Cc1ccc(COC(=O)CCC(NC)C(C)=O)cc1. The van der Waals surface area contributed by atoms with Crippen molar-refractivity contribution in [1.82, 2.24) is 5.32 Å². The second-order valence-corrected chi connectivity index (χ2v) is 4.60. The van der Waals surface area contributed by atoms with Crippen molar-refractivity contribution in [3.8, 4) is 0 Å². The molecule has 0 amide bonds. The molecule has 0 aliphatic heterocycles. The van der Waals surface area contributed by atoms with Gasteiger partial charge in [-0.25, -0.2) is 0 Å². The van der Waals surface area contributed by atoms with Crippen LogP contribution in [-0.4, -0.2) is 24.8 Å². The van der Waals surface area contributed by atoms with Crippen molar-refractivity contribution in [2.45, 2.75) is 32.4 Å². The lowest BCUT2D eigenvalue weighted by molar-refractivity contribution is -0.145. The van der Waals surface area contributed by atoms with Crippen LogP contribution < -0.4 is 5.32 Å². The third-order valence-corrected chi connectivity index (χ3v) is 3.09. The molecule has 1 rings (SSSR count). The van der Waals surface area contributed by atoms with Crippen molar-refractivity contribution in [2.75, 3.05) is 7.05 Å². The number of ether oxygens (including phenoxy) is 1. The molecule has 0 fully saturated rings. The van der Waals surface area contributed by atoms with E-state index in [4.69, 9.17) is 4.74 Å². The Hall–Kier alpha value is -1.94. The first-order chi connectivity index (χ1) is 9.56. The summed E-state index contributed by atoms with van der Waals surface area (Å²) in [6.45, 7) is 5.44. The average molecular weight is 275 g/mol. The Morgan fingerprint density at radius 3 is 2.50 bits per heavy atom. The van der Waals surface area contributed by atoms with Crippen LogP contribution in [0.1, 0.15) is 30.9 Å². The highest BCUT2D eigenvalue weighted by Gasteiger charge is 2.14. The quantitative estimate of drug-likeness (QED) is 0.740. The molecular formula is C16H21NO3. The second kappa shape index (κ2) is 8.27. The molecule has 0 aliphatic rings. The number of likely N-dealkylation sites (N-methyl/N-ethyl adjacent to an activating group) is 1. The van der Waals surface area contributed by atoms with Crippen molar-refractivity contribution in [3.63, 3.8) is 0 Å². The number of carbonyl (C=O) groups excluding carboxylic acids is 2. The molecule has 0 aromatic heterocycles. The van der Waals surface area contributed by atoms with Crippen LogP contribution in [-0.2, 0) is 20.9 Å². The van der Waals surface area contributed by atoms with E-state index >= 15 is 0 Å². The molecule has 1 unspecified atom stereocenters. The zero-order chi connectivity index (χ0) is 15.0. The van der Waals surface area contributed by atoms with Crippen molar-refractivity contribution in [3.05, 3.63) is 42.0 Å². The maximum absolute atomic E-state index is 11.6. The summed E-state index contributed by atoms with van der Waals surface area (Å²) in [5.41, 5.74) is 1.96. The van der Waals surface area contributed by atoms with Gasteiger partial charge in [0.25, 0.3) is 0 Å². The van der Waals surface area contributed by atoms with Gasteiger partial charge in [0.1, 0.15) is 12.4 Å². The molecule has 0 bridgehead atoms. The number of esters is 1. The largest absolute Gasteiger partial charge is 0.461 e. The Balaban J connectivity index is 2.35. The molecule has 4 nitrogen and oxygen atoms in total. The third kappa shape index (κ3) is 5.36. The van der Waals surface area contributed by atoms with Crippen LogP contribution in [0.5, 0.6) is 0 Å². The lowest BCUT2D eigenvalue weighted by atomic mass is 10.1. The fraction of sp³-hybridized carbons (Fsp3) is 0.375. The van der Waals surface area contributed by atoms with E-state index in [1.54, 1.807) is 13.1 Å². The minimum atomic E-state index is -0.292. The fourth-order valence-electron chi connectivity index (χ4n) is 1.80. The smallest absolute Gasteiger partial charge is 0.306 e. The molecule has 0 spiro atoms. The van der Waals surface area contributed by atoms with Crippen molar-refractivity contribution in [2.24, 2.45) is 0 Å². The molecular weight excluding hydrogens is 254 g/mol. The number of hydrogen-bond donors (Lipinski definition) is 1. The van der Waals surface area contributed by atoms with Crippen molar-refractivity contribution in [1.29, 1.82) is 0 Å². The van der Waals surface area contributed by atoms with Crippen molar-refractivity contribution >= 4 is 17.8 Å². The molecule has 1 N–H and O–H groups in total. The lowest BCUT2D eigenvalue weighted by Crippen LogP contribution is -2.32. The topological polar surface area (TPSA) is 55.4 Å². The van der Waals surface area contributed by atoms with Crippen LogP contribution in [0.25, 0.3) is 6.08 Å². The van der Waals surface area contributed by atoms with Crippen LogP contribution in [0.15, 0.2) is 30.8 Å². The summed E-state index contributed by atoms with van der Waals surface area (Å²) in [4.78, 5) is 22.8. The summed E-state index contributed by atoms with van der Waals surface area (Å²) >= 11 is 0. The Bertz CT molecular complexity index is 465. The van der Waals surface area contributed by atoms with Gasteiger partial charge in [0, 0.05) is 6.42 Å². The van der Waals surface area contributed by atoms with E-state index in [0.29, 0.717) is 6.42 Å². The Morgan fingerprint density at radius 2 is 2.00 bits per heavy atom. The number of Topliss-reactive ketones (excluding diaryl/α,β-unsaturated/α-hetero) is 1. The van der Waals surface area contributed by atoms with Gasteiger partial charge < -0.3 is 10.1 Å². The van der Waals surface area contributed by atoms with Gasteiger partial charge in [0.05, 0.1) is 6.04 Å². The first-order valence-corrected chi connectivity index (χ1v) is 6.61. The minimum absolute atomic E-state index is 0.0281. The van der Waals surface area contributed by atoms with Crippen LogP contribution in [0.3, 0.4) is 0 Å². The van der Waals surface area contributed by atoms with E-state index in [2.05, 4.69) is 11.9 Å². The van der Waals surface area contributed by atoms with Gasteiger partial charge in [-0.2, -0.15) is 0 Å². The van der Waals surface area contributed by atoms with Gasteiger partial charge in [-0.1, -0.05) is 36.9 Å². The number of ketones is 1. The van der Waals surface area contributed by atoms with Gasteiger partial charge in [0.2, 0.25) is 0 Å². The monoisotopic (exact) mass is 275 g/mol. The van der Waals surface area contributed by atoms with Gasteiger partial charge in [-0.3, -0.25) is 9.59 Å². The number of hydrogen-bond acceptors (Lipinski definition) is 4. The molecule has 0 saturated heterocycles. The molecule has 4 heteroatoms. The van der Waals surface area contributed by atoms with Crippen LogP contribution >= 0.6 is 0 Å². The molecule has 1 atom stereocenters. The Kier molecular flexibility index (Phi) is 6.67. The maximum atomic E-state index is 11.6. The molecule has 1 aromatic carbocycles. The van der Waals surface area contributed by atoms with E-state index < -0.39 is 0 Å². The molecule has 108 valence electrons. The minimum Gasteiger partial charge on any atom is -0.461 e. The molecule has 20 heavy (non-hydrogen) atoms. The zero-order valence-electron chi connectivity index (χ0n) is 12.0. The summed E-state index contributed by atoms with van der Waals surface area (Å²) in [7, 11) is 1.71. The van der Waals surface area contributed by atoms with Gasteiger partial charge in [-0.05, 0) is 31.5 Å². The number of rotatable bonds is 8. The van der Waals surface area contributed by atoms with E-state index in [0.717, 1.165) is 11.1 Å². The molecule has 0 heterocycles. The normalized spacial score (nSPS) is 11.7. The summed E-state index contributed by atoms with van der Waals surface area (Å²) in [5, 5.41) is 2.88. The van der Waals surface area contributed by atoms with Crippen LogP contribution in [0, 0.1) is 0 Å². The highest BCUT2D eigenvalue weighted by molar-refractivity contribution is 5.82. The first-order valence-electron chi connectivity index (χ1n) is 6.61. The molecule has 0 saturated carbocycles. The van der Waals surface area contributed by atoms with E-state index in [-0.39, 0.29) is 30.8 Å². The van der Waals surface area contributed by atoms with Crippen molar-refractivity contribution < 1.29 is 14.3 Å². The summed E-state index contributed by atoms with van der Waals surface area (Å²) in [6, 6.07) is 7.35. The predicted molar refractivity (Wildman–Crippen MR) is 79.1 cm³/mol. The Labute approximate surface area is 119 Å². The number of nitrogens with one attached hydrogen (secondary N) is 1. The van der Waals surface area contributed by atoms with E-state index in [1.807, 2.05) is 24.3 Å². The first kappa shape index (κ1) is 16.1. The van der Waals surface area contributed by atoms with Gasteiger partial charge in [0.15, 0.2) is 0 Å². The van der Waals surface area contributed by atoms with Gasteiger partial charge in [-0.15, -0.1) is 0 Å². The number of carbonyl (C=O) groups is 2. The standard InChI is InChI=1S/C16H21NO3/c1-4-13-5-7-14(8-6-13)11-20-16(19)10-9-15(17-3)12(2)18/h4-8,15,17H,1,9-11H2,2-3H3. The van der Waals surface area contributed by atoms with E-state index in [9.17, 15) is 9.59 Å². The van der Waals surface area contributed by atoms with Gasteiger partial charge >= 0.3 is 5.97 Å². The van der Waals surface area contributed by atoms with E-state index in [1.165, 1.54) is 6.92 Å². The molecule has 0 radical (unpaired) electrons. The summed E-state index contributed by atoms with van der Waals surface area (Å²) < 4.78 is 5.17. The summed E-state index contributed by atoms with van der Waals surface area (Å²) in [5.74, 6) is -0.264. The average Bonchev–Trinajstić information content (AvgIpc) is 2.46. The highest BCUT2D eigenvalue weighted by atomic mass is 16.5. The fourth-order valence-corrected chi connectivity index (χ4v) is 1.80. The molecule has 1 aromatic rings. The summed E-state index contributed by atoms with van der Waals surface area (Å²) in [6.07, 6.45) is 2.45. The zero-order valence-corrected chi connectivity index (χ0v) is 12.0. The maximum Gasteiger partial charge on any atom is 0.306 e. The van der Waals surface area contributed by atoms with Crippen LogP contribution in [0.4, 0.5) is 0 Å². The third-order valence-electron chi connectivity index (χ3n) is 3.09. The predicted octanol–water partition coefficient (Wildman–Crippen LogP) is 2.33. The lowest BCUT2D eigenvalue weighted by Gasteiger charge is -2.12. The molecule has 0 aliphatic carbocycles. The Morgan fingerprint density at radius 1 is 1.35 bits per heavy atom. The highest BCUT2D eigenvalue weighted by Crippen LogP contribution is 2.08. The van der Waals surface area contributed by atoms with Crippen LogP contribution in [0.2, 0.25) is 0 Å². The second-order valence-electron chi connectivity index (χ2n) is 4.60. The number of benzene rings is 1.